The second-order valence-corrected chi connectivity index (χ2v) is 9.08. The van der Waals surface area contributed by atoms with Gasteiger partial charge in [0.05, 0.1) is 16.7 Å². The van der Waals surface area contributed by atoms with E-state index < -0.39 is 11.8 Å². The van der Waals surface area contributed by atoms with Gasteiger partial charge >= 0.3 is 0 Å². The molecule has 7 nitrogen and oxygen atoms in total. The minimum Gasteiger partial charge on any atom is -0.488 e. The number of nitrogens with two attached hydrogens (primary N) is 1. The van der Waals surface area contributed by atoms with Crippen molar-refractivity contribution in [3.63, 3.8) is 0 Å². The number of rotatable bonds is 8. The van der Waals surface area contributed by atoms with Crippen LogP contribution in [0.4, 0.5) is 0 Å². The normalized spacial score (nSPS) is 13.6. The molecule has 3 heterocycles. The van der Waals surface area contributed by atoms with Crippen molar-refractivity contribution in [1.29, 1.82) is 0 Å². The Morgan fingerprint density at radius 3 is 2.41 bits per heavy atom. The molecule has 0 saturated carbocycles. The van der Waals surface area contributed by atoms with Crippen LogP contribution in [0.5, 0.6) is 5.75 Å². The fourth-order valence-corrected chi connectivity index (χ4v) is 5.06. The minimum absolute atomic E-state index is 0.349. The highest BCUT2D eigenvalue weighted by Gasteiger charge is 2.35. The summed E-state index contributed by atoms with van der Waals surface area (Å²) in [6.45, 7) is 1.61. The molecule has 0 radical (unpaired) electrons. The lowest BCUT2D eigenvalue weighted by Crippen LogP contribution is -2.22. The van der Waals surface area contributed by atoms with E-state index in [1.54, 1.807) is 6.20 Å². The molecule has 7 heteroatoms. The van der Waals surface area contributed by atoms with Crippen molar-refractivity contribution in [3.8, 4) is 5.75 Å². The smallest absolute Gasteiger partial charge is 0.259 e. The van der Waals surface area contributed by atoms with Crippen molar-refractivity contribution < 1.29 is 14.3 Å². The summed E-state index contributed by atoms with van der Waals surface area (Å²) in [5.41, 5.74) is 10.7. The number of aromatic amines is 1. The van der Waals surface area contributed by atoms with E-state index in [0.29, 0.717) is 47.7 Å². The molecule has 0 spiro atoms. The number of aryl methyl sites for hydroxylation is 1. The minimum atomic E-state index is -0.416. The number of aromatic nitrogens is 2. The van der Waals surface area contributed by atoms with Crippen molar-refractivity contribution in [2.24, 2.45) is 5.73 Å². The fraction of sp³-hybridized carbons (Fsp3) is 0.133. The monoisotopic (exact) mass is 490 g/mol. The van der Waals surface area contributed by atoms with Gasteiger partial charge in [0.1, 0.15) is 12.4 Å². The standard InChI is InChI=1S/C30H26N4O3/c31-14-7-15-34-17-22(26-24(34)12-6-13-25(26)37-18-19-8-2-1-3-9-19)28-27(29(35)33-30(28)36)21-16-32-23-11-5-4-10-20(21)23/h1-6,8-13,16-17,32H,7,14-15,18,31H2,(H,33,35,36). The van der Waals surface area contributed by atoms with Gasteiger partial charge in [-0.05, 0) is 36.7 Å². The number of nitrogens with one attached hydrogen (secondary N) is 2. The van der Waals surface area contributed by atoms with E-state index in [1.165, 1.54) is 0 Å². The molecule has 0 saturated heterocycles. The third-order valence-corrected chi connectivity index (χ3v) is 6.77. The summed E-state index contributed by atoms with van der Waals surface area (Å²) < 4.78 is 8.38. The van der Waals surface area contributed by atoms with Crippen LogP contribution in [-0.4, -0.2) is 27.9 Å². The van der Waals surface area contributed by atoms with E-state index in [9.17, 15) is 9.59 Å². The van der Waals surface area contributed by atoms with Crippen LogP contribution in [0.3, 0.4) is 0 Å². The number of imide groups is 1. The first-order chi connectivity index (χ1) is 18.2. The zero-order valence-electron chi connectivity index (χ0n) is 20.2. The fourth-order valence-electron chi connectivity index (χ4n) is 5.06. The summed E-state index contributed by atoms with van der Waals surface area (Å²) in [5, 5.41) is 4.21. The van der Waals surface area contributed by atoms with Gasteiger partial charge in [0.25, 0.3) is 11.8 Å². The summed E-state index contributed by atoms with van der Waals surface area (Å²) in [5.74, 6) is -0.169. The van der Waals surface area contributed by atoms with Crippen LogP contribution < -0.4 is 15.8 Å². The maximum absolute atomic E-state index is 13.3. The Kier molecular flexibility index (Phi) is 5.82. The van der Waals surface area contributed by atoms with E-state index in [0.717, 1.165) is 33.8 Å². The maximum atomic E-state index is 13.3. The molecule has 5 aromatic rings. The van der Waals surface area contributed by atoms with E-state index in [1.807, 2.05) is 79.0 Å². The molecule has 3 aromatic carbocycles. The Hall–Kier alpha value is -4.62. The van der Waals surface area contributed by atoms with Crippen molar-refractivity contribution >= 4 is 44.8 Å². The number of para-hydroxylation sites is 1. The Bertz CT molecular complexity index is 1680. The third-order valence-electron chi connectivity index (χ3n) is 6.77. The SMILES string of the molecule is NCCCn1cc(C2=C(c3c[nH]c4ccccc34)C(=O)NC2=O)c2c(OCc3ccccc3)cccc21. The first kappa shape index (κ1) is 22.8. The zero-order valence-corrected chi connectivity index (χ0v) is 20.2. The summed E-state index contributed by atoms with van der Waals surface area (Å²) >= 11 is 0. The number of hydrogen-bond donors (Lipinski definition) is 3. The molecule has 1 aliphatic heterocycles. The lowest BCUT2D eigenvalue weighted by Gasteiger charge is -2.10. The predicted molar refractivity (Wildman–Crippen MR) is 145 cm³/mol. The molecule has 1 aliphatic rings. The van der Waals surface area contributed by atoms with Gasteiger partial charge in [-0.2, -0.15) is 0 Å². The summed E-state index contributed by atoms with van der Waals surface area (Å²) in [6, 6.07) is 23.5. The molecular formula is C30H26N4O3. The molecule has 0 unspecified atom stereocenters. The highest BCUT2D eigenvalue weighted by Crippen LogP contribution is 2.41. The molecule has 2 aromatic heterocycles. The number of carbonyl (C=O) groups excluding carboxylic acids is 2. The summed E-state index contributed by atoms with van der Waals surface area (Å²) in [7, 11) is 0. The third kappa shape index (κ3) is 3.99. The second-order valence-electron chi connectivity index (χ2n) is 9.08. The highest BCUT2D eigenvalue weighted by molar-refractivity contribution is 6.51. The molecule has 184 valence electrons. The van der Waals surface area contributed by atoms with Crippen LogP contribution in [-0.2, 0) is 22.7 Å². The average Bonchev–Trinajstić information content (AvgIpc) is 3.59. The van der Waals surface area contributed by atoms with Crippen molar-refractivity contribution in [2.75, 3.05) is 6.54 Å². The molecule has 37 heavy (non-hydrogen) atoms. The molecule has 0 atom stereocenters. The van der Waals surface area contributed by atoms with Gasteiger partial charge in [-0.3, -0.25) is 14.9 Å². The average molecular weight is 491 g/mol. The number of H-pyrrole nitrogens is 1. The summed E-state index contributed by atoms with van der Waals surface area (Å²) in [4.78, 5) is 29.7. The Balaban J connectivity index is 1.57. The largest absolute Gasteiger partial charge is 0.488 e. The van der Waals surface area contributed by atoms with Crippen LogP contribution in [0.25, 0.3) is 33.0 Å². The number of ether oxygens (including phenoxy) is 1. The van der Waals surface area contributed by atoms with Crippen molar-refractivity contribution in [1.82, 2.24) is 14.9 Å². The zero-order chi connectivity index (χ0) is 25.4. The molecule has 0 fully saturated rings. The quantitative estimate of drug-likeness (QED) is 0.276. The van der Waals surface area contributed by atoms with E-state index in [-0.39, 0.29) is 0 Å². The van der Waals surface area contributed by atoms with Gasteiger partial charge in [-0.15, -0.1) is 0 Å². The van der Waals surface area contributed by atoms with Gasteiger partial charge in [-0.1, -0.05) is 54.6 Å². The Morgan fingerprint density at radius 2 is 1.59 bits per heavy atom. The molecular weight excluding hydrogens is 464 g/mol. The van der Waals surface area contributed by atoms with E-state index in [4.69, 9.17) is 10.5 Å². The summed E-state index contributed by atoms with van der Waals surface area (Å²) in [6.07, 6.45) is 4.51. The number of hydrogen-bond acceptors (Lipinski definition) is 4. The first-order valence-electron chi connectivity index (χ1n) is 12.3. The van der Waals surface area contributed by atoms with Crippen molar-refractivity contribution in [2.45, 2.75) is 19.6 Å². The van der Waals surface area contributed by atoms with E-state index >= 15 is 0 Å². The second kappa shape index (κ2) is 9.44. The van der Waals surface area contributed by atoms with Crippen LogP contribution in [0, 0.1) is 0 Å². The van der Waals surface area contributed by atoms with Crippen LogP contribution in [0.1, 0.15) is 23.1 Å². The topological polar surface area (TPSA) is 102 Å². The van der Waals surface area contributed by atoms with Gasteiger partial charge in [0.2, 0.25) is 0 Å². The highest BCUT2D eigenvalue weighted by atomic mass is 16.5. The molecule has 6 rings (SSSR count). The van der Waals surface area contributed by atoms with E-state index in [2.05, 4.69) is 14.9 Å². The predicted octanol–water partition coefficient (Wildman–Crippen LogP) is 4.62. The van der Waals surface area contributed by atoms with Gasteiger partial charge in [-0.25, -0.2) is 0 Å². The number of nitrogens with zero attached hydrogens (tertiary/aromatic N) is 1. The molecule has 0 bridgehead atoms. The molecule has 2 amide bonds. The number of benzene rings is 3. The van der Waals surface area contributed by atoms with Gasteiger partial charge in [0.15, 0.2) is 0 Å². The maximum Gasteiger partial charge on any atom is 0.259 e. The lowest BCUT2D eigenvalue weighted by atomic mass is 9.95. The Morgan fingerprint density at radius 1 is 0.838 bits per heavy atom. The molecule has 4 N–H and O–H groups in total. The van der Waals surface area contributed by atoms with Gasteiger partial charge < -0.3 is 20.0 Å². The van der Waals surface area contributed by atoms with Crippen LogP contribution >= 0.6 is 0 Å². The van der Waals surface area contributed by atoms with Crippen LogP contribution in [0.2, 0.25) is 0 Å². The Labute approximate surface area is 213 Å². The number of fused-ring (bicyclic) bond motifs is 2. The number of amides is 2. The van der Waals surface area contributed by atoms with Crippen molar-refractivity contribution in [3.05, 3.63) is 102 Å². The molecule has 0 aliphatic carbocycles. The first-order valence-corrected chi connectivity index (χ1v) is 12.3. The van der Waals surface area contributed by atoms with Crippen LogP contribution in [0.15, 0.2) is 85.2 Å². The lowest BCUT2D eigenvalue weighted by molar-refractivity contribution is -0.122. The van der Waals surface area contributed by atoms with Gasteiger partial charge in [0, 0.05) is 46.4 Å². The number of carbonyl (C=O) groups is 2.